The zero-order valence-corrected chi connectivity index (χ0v) is 18.6. The number of carbonyl (C=O) groups is 2. The van der Waals surface area contributed by atoms with Gasteiger partial charge in [-0.05, 0) is 18.1 Å². The lowest BCUT2D eigenvalue weighted by Gasteiger charge is -2.54. The van der Waals surface area contributed by atoms with Gasteiger partial charge in [0, 0.05) is 38.5 Å². The molecule has 2 aromatic carbocycles. The Kier molecular flexibility index (Phi) is 4.91. The second kappa shape index (κ2) is 7.42. The standard InChI is InChI=1S/C26H28O6/c1-17-16-29-25(30-17)14-20(18-10-6-4-7-11-18)26(21(15-25)19-12-8-5-9-13-19)22(27)31-24(2,3)32-23(26)28/h4-13,17,20-21H,14-16H2,1-3H3/t17-,20?,21?,25?/m0/s1. The van der Waals surface area contributed by atoms with E-state index >= 15 is 0 Å². The average molecular weight is 437 g/mol. The van der Waals surface area contributed by atoms with Crippen molar-refractivity contribution >= 4 is 11.9 Å². The second-order valence-corrected chi connectivity index (χ2v) is 9.53. The summed E-state index contributed by atoms with van der Waals surface area (Å²) in [5.41, 5.74) is 0.169. The van der Waals surface area contributed by atoms with Crippen molar-refractivity contribution in [2.24, 2.45) is 5.41 Å². The van der Waals surface area contributed by atoms with Gasteiger partial charge in [0.15, 0.2) is 11.2 Å². The quantitative estimate of drug-likeness (QED) is 0.516. The van der Waals surface area contributed by atoms with Crippen molar-refractivity contribution in [3.8, 4) is 0 Å². The van der Waals surface area contributed by atoms with Gasteiger partial charge in [-0.25, -0.2) is 0 Å². The molecule has 6 nitrogen and oxygen atoms in total. The summed E-state index contributed by atoms with van der Waals surface area (Å²) in [6.45, 7) is 5.61. The number of hydrogen-bond acceptors (Lipinski definition) is 6. The number of carbonyl (C=O) groups excluding carboxylic acids is 2. The van der Waals surface area contributed by atoms with Gasteiger partial charge in [0.25, 0.3) is 5.79 Å². The molecule has 6 heteroatoms. The highest BCUT2D eigenvalue weighted by Crippen LogP contribution is 2.62. The fourth-order valence-electron chi connectivity index (χ4n) is 5.61. The molecule has 32 heavy (non-hydrogen) atoms. The van der Waals surface area contributed by atoms with Crippen molar-refractivity contribution in [1.29, 1.82) is 0 Å². The van der Waals surface area contributed by atoms with Crippen molar-refractivity contribution in [2.45, 2.75) is 63.1 Å². The summed E-state index contributed by atoms with van der Waals surface area (Å²) < 4.78 is 24.0. The van der Waals surface area contributed by atoms with Crippen molar-refractivity contribution in [1.82, 2.24) is 0 Å². The van der Waals surface area contributed by atoms with E-state index in [1.54, 1.807) is 13.8 Å². The van der Waals surface area contributed by atoms with Crippen LogP contribution >= 0.6 is 0 Å². The molecule has 0 bridgehead atoms. The van der Waals surface area contributed by atoms with Crippen LogP contribution in [0.2, 0.25) is 0 Å². The Morgan fingerprint density at radius 1 is 0.781 bits per heavy atom. The number of rotatable bonds is 2. The molecule has 2 heterocycles. The van der Waals surface area contributed by atoms with Crippen LogP contribution in [0.3, 0.4) is 0 Å². The SMILES string of the molecule is C[C@H]1COC2(CC(c3ccccc3)C3(C(=O)OC(C)(C)OC3=O)C(c3ccccc3)C2)O1. The number of cyclic esters (lactones) is 2. The topological polar surface area (TPSA) is 71.1 Å². The second-order valence-electron chi connectivity index (χ2n) is 9.53. The summed E-state index contributed by atoms with van der Waals surface area (Å²) in [7, 11) is 0. The van der Waals surface area contributed by atoms with Gasteiger partial charge in [0.1, 0.15) is 0 Å². The largest absolute Gasteiger partial charge is 0.422 e. The molecule has 168 valence electrons. The molecule has 2 unspecified atom stereocenters. The number of benzene rings is 2. The number of esters is 2. The molecule has 1 saturated carbocycles. The van der Waals surface area contributed by atoms with Gasteiger partial charge in [-0.1, -0.05) is 60.7 Å². The Hall–Kier alpha value is -2.70. The molecule has 2 saturated heterocycles. The zero-order valence-electron chi connectivity index (χ0n) is 18.6. The summed E-state index contributed by atoms with van der Waals surface area (Å²) >= 11 is 0. The van der Waals surface area contributed by atoms with Crippen molar-refractivity contribution in [3.05, 3.63) is 71.8 Å². The minimum Gasteiger partial charge on any atom is -0.422 e. The predicted molar refractivity (Wildman–Crippen MR) is 116 cm³/mol. The van der Waals surface area contributed by atoms with E-state index in [1.165, 1.54) is 0 Å². The fraction of sp³-hybridized carbons (Fsp3) is 0.462. The molecule has 0 aromatic heterocycles. The number of hydrogen-bond donors (Lipinski definition) is 0. The Morgan fingerprint density at radius 3 is 1.66 bits per heavy atom. The third kappa shape index (κ3) is 3.24. The first-order valence-corrected chi connectivity index (χ1v) is 11.1. The lowest BCUT2D eigenvalue weighted by Crippen LogP contribution is -2.63. The molecule has 3 atom stereocenters. The van der Waals surface area contributed by atoms with E-state index in [1.807, 2.05) is 67.6 Å². The lowest BCUT2D eigenvalue weighted by atomic mass is 9.54. The summed E-state index contributed by atoms with van der Waals surface area (Å²) in [5, 5.41) is 0. The van der Waals surface area contributed by atoms with Gasteiger partial charge < -0.3 is 18.9 Å². The Balaban J connectivity index is 1.73. The van der Waals surface area contributed by atoms with Crippen molar-refractivity contribution < 1.29 is 28.5 Å². The maximum absolute atomic E-state index is 13.8. The molecular weight excluding hydrogens is 408 g/mol. The highest BCUT2D eigenvalue weighted by atomic mass is 16.8. The van der Waals surface area contributed by atoms with Gasteiger partial charge >= 0.3 is 11.9 Å². The zero-order chi connectivity index (χ0) is 22.6. The van der Waals surface area contributed by atoms with Crippen molar-refractivity contribution in [2.75, 3.05) is 6.61 Å². The molecule has 0 radical (unpaired) electrons. The van der Waals surface area contributed by atoms with Crippen LogP contribution in [0.25, 0.3) is 0 Å². The van der Waals surface area contributed by atoms with E-state index in [0.717, 1.165) is 11.1 Å². The molecular formula is C26H28O6. The first kappa shape index (κ1) is 21.2. The molecule has 2 spiro atoms. The molecule has 0 N–H and O–H groups in total. The van der Waals surface area contributed by atoms with Crippen LogP contribution in [0.15, 0.2) is 60.7 Å². The van der Waals surface area contributed by atoms with E-state index in [4.69, 9.17) is 18.9 Å². The van der Waals surface area contributed by atoms with E-state index in [0.29, 0.717) is 19.4 Å². The highest BCUT2D eigenvalue weighted by Gasteiger charge is 2.70. The normalized spacial score (nSPS) is 33.2. The van der Waals surface area contributed by atoms with E-state index in [2.05, 4.69) is 0 Å². The van der Waals surface area contributed by atoms with Gasteiger partial charge in [-0.3, -0.25) is 9.59 Å². The first-order valence-electron chi connectivity index (χ1n) is 11.1. The first-order chi connectivity index (χ1) is 15.3. The van der Waals surface area contributed by atoms with Crippen LogP contribution < -0.4 is 0 Å². The summed E-state index contributed by atoms with van der Waals surface area (Å²) in [5.74, 6) is -4.39. The molecule has 5 rings (SSSR count). The minimum absolute atomic E-state index is 0.0684. The molecule has 1 aliphatic carbocycles. The maximum atomic E-state index is 13.8. The van der Waals surface area contributed by atoms with E-state index in [9.17, 15) is 9.59 Å². The van der Waals surface area contributed by atoms with Crippen LogP contribution in [0.5, 0.6) is 0 Å². The third-order valence-electron chi connectivity index (χ3n) is 6.88. The lowest BCUT2D eigenvalue weighted by molar-refractivity contribution is -0.269. The molecule has 0 amide bonds. The smallest absolute Gasteiger partial charge is 0.328 e. The average Bonchev–Trinajstić information content (AvgIpc) is 3.12. The van der Waals surface area contributed by atoms with Crippen LogP contribution in [0.1, 0.15) is 56.6 Å². The van der Waals surface area contributed by atoms with Gasteiger partial charge in [-0.15, -0.1) is 0 Å². The monoisotopic (exact) mass is 436 g/mol. The molecule has 2 aliphatic heterocycles. The Bertz CT molecular complexity index is 944. The number of ether oxygens (including phenoxy) is 4. The van der Waals surface area contributed by atoms with E-state index in [-0.39, 0.29) is 6.10 Å². The Morgan fingerprint density at radius 2 is 1.25 bits per heavy atom. The van der Waals surface area contributed by atoms with Crippen LogP contribution in [0, 0.1) is 5.41 Å². The van der Waals surface area contributed by atoms with E-state index < -0.39 is 40.8 Å². The molecule has 3 fully saturated rings. The summed E-state index contributed by atoms with van der Waals surface area (Å²) in [4.78, 5) is 27.7. The summed E-state index contributed by atoms with van der Waals surface area (Å²) in [6, 6.07) is 19.2. The van der Waals surface area contributed by atoms with Gasteiger partial charge in [0.2, 0.25) is 0 Å². The highest BCUT2D eigenvalue weighted by molar-refractivity contribution is 6.04. The van der Waals surface area contributed by atoms with Gasteiger partial charge in [0.05, 0.1) is 12.7 Å². The molecule has 2 aromatic rings. The Labute approximate surface area is 187 Å². The van der Waals surface area contributed by atoms with Crippen LogP contribution in [0.4, 0.5) is 0 Å². The van der Waals surface area contributed by atoms with Gasteiger partial charge in [-0.2, -0.15) is 0 Å². The maximum Gasteiger partial charge on any atom is 0.328 e. The van der Waals surface area contributed by atoms with Crippen LogP contribution in [-0.4, -0.2) is 36.2 Å². The summed E-state index contributed by atoms with van der Waals surface area (Å²) in [6.07, 6.45) is 0.644. The molecule has 3 aliphatic rings. The minimum atomic E-state index is -1.54. The van der Waals surface area contributed by atoms with Crippen molar-refractivity contribution in [3.63, 3.8) is 0 Å². The fourth-order valence-corrected chi connectivity index (χ4v) is 5.61. The van der Waals surface area contributed by atoms with Crippen LogP contribution in [-0.2, 0) is 28.5 Å². The predicted octanol–water partition coefficient (Wildman–Crippen LogP) is 4.30. The third-order valence-corrected chi connectivity index (χ3v) is 6.88.